The average molecular weight is 715 g/mol. The molecular formula is C34H58N4O12. The molecule has 286 valence electrons. The quantitative estimate of drug-likeness (QED) is 0.121. The molecule has 1 saturated heterocycles. The number of hydrogen-bond acceptors (Lipinski definition) is 15. The minimum absolute atomic E-state index is 0.0250. The van der Waals surface area contributed by atoms with Crippen LogP contribution in [-0.2, 0) is 57.3 Å². The first kappa shape index (κ1) is 44.4. The van der Waals surface area contributed by atoms with Crippen LogP contribution in [0.5, 0.6) is 0 Å². The second-order valence-corrected chi connectivity index (χ2v) is 16.1. The van der Waals surface area contributed by atoms with Crippen molar-refractivity contribution < 1.29 is 57.3 Å². The van der Waals surface area contributed by atoms with E-state index in [4.69, 9.17) is 23.8 Å². The number of imide groups is 1. The molecular weight excluding hydrogens is 656 g/mol. The first-order valence-corrected chi connectivity index (χ1v) is 16.7. The molecule has 1 heterocycles. The highest BCUT2D eigenvalue weighted by Gasteiger charge is 2.34. The van der Waals surface area contributed by atoms with Crippen LogP contribution in [-0.4, -0.2) is 143 Å². The summed E-state index contributed by atoms with van der Waals surface area (Å²) in [6.45, 7) is 19.5. The lowest BCUT2D eigenvalue weighted by molar-refractivity contribution is -0.198. The minimum atomic E-state index is -0.947. The molecule has 0 aliphatic carbocycles. The number of hydrogen-bond donors (Lipinski definition) is 0. The smallest absolute Gasteiger partial charge is 0.347 e. The zero-order valence-electron chi connectivity index (χ0n) is 32.0. The predicted molar refractivity (Wildman–Crippen MR) is 180 cm³/mol. The van der Waals surface area contributed by atoms with Crippen LogP contribution in [0.1, 0.15) is 95.9 Å². The summed E-state index contributed by atoms with van der Waals surface area (Å²) in [5, 5.41) is 0.423. The topological polar surface area (TPSA) is 179 Å². The van der Waals surface area contributed by atoms with Gasteiger partial charge in [0.1, 0.15) is 28.9 Å². The molecule has 1 fully saturated rings. The van der Waals surface area contributed by atoms with E-state index in [1.807, 2.05) is 0 Å². The number of ether oxygens (including phenoxy) is 4. The Hall–Kier alpha value is -3.63. The van der Waals surface area contributed by atoms with Gasteiger partial charge in [-0.2, -0.15) is 0 Å². The van der Waals surface area contributed by atoms with E-state index in [1.54, 1.807) is 92.9 Å². The second-order valence-electron chi connectivity index (χ2n) is 16.1. The van der Waals surface area contributed by atoms with Crippen LogP contribution in [0.4, 0.5) is 0 Å². The summed E-state index contributed by atoms with van der Waals surface area (Å²) >= 11 is 0. The highest BCUT2D eigenvalue weighted by atomic mass is 16.7. The minimum Gasteiger partial charge on any atom is -0.459 e. The zero-order chi connectivity index (χ0) is 38.7. The molecule has 16 heteroatoms. The highest BCUT2D eigenvalue weighted by molar-refractivity contribution is 6.01. The second kappa shape index (κ2) is 18.6. The van der Waals surface area contributed by atoms with Crippen molar-refractivity contribution in [3.05, 3.63) is 0 Å². The molecule has 0 aromatic heterocycles. The summed E-state index contributed by atoms with van der Waals surface area (Å²) in [6, 6.07) is 0. The van der Waals surface area contributed by atoms with E-state index in [0.29, 0.717) is 5.06 Å². The normalized spacial score (nSPS) is 14.3. The lowest BCUT2D eigenvalue weighted by Gasteiger charge is -2.31. The molecule has 0 radical (unpaired) electrons. The van der Waals surface area contributed by atoms with Crippen LogP contribution < -0.4 is 0 Å². The summed E-state index contributed by atoms with van der Waals surface area (Å²) in [5.41, 5.74) is -3.11. The number of rotatable bonds is 17. The molecule has 1 rings (SSSR count). The maximum Gasteiger partial charge on any atom is 0.347 e. The van der Waals surface area contributed by atoms with E-state index >= 15 is 0 Å². The van der Waals surface area contributed by atoms with Gasteiger partial charge in [-0.15, -0.1) is 5.06 Å². The summed E-state index contributed by atoms with van der Waals surface area (Å²) in [4.78, 5) is 97.7. The summed E-state index contributed by atoms with van der Waals surface area (Å²) in [6.07, 6.45) is -0.154. The highest BCUT2D eigenvalue weighted by Crippen LogP contribution is 2.14. The number of carbonyl (C=O) groups is 7. The molecule has 16 nitrogen and oxygen atoms in total. The molecule has 0 unspecified atom stereocenters. The van der Waals surface area contributed by atoms with E-state index in [2.05, 4.69) is 0 Å². The third kappa shape index (κ3) is 20.8. The Labute approximate surface area is 295 Å². The maximum atomic E-state index is 12.9. The van der Waals surface area contributed by atoms with Gasteiger partial charge < -0.3 is 23.8 Å². The van der Waals surface area contributed by atoms with E-state index in [-0.39, 0.29) is 65.2 Å². The first-order chi connectivity index (χ1) is 22.6. The van der Waals surface area contributed by atoms with Crippen molar-refractivity contribution in [3.8, 4) is 0 Å². The molecule has 0 atom stereocenters. The van der Waals surface area contributed by atoms with Gasteiger partial charge in [0.15, 0.2) is 0 Å². The third-order valence-electron chi connectivity index (χ3n) is 6.11. The molecule has 0 N–H and O–H groups in total. The van der Waals surface area contributed by atoms with Crippen LogP contribution in [0.25, 0.3) is 0 Å². The third-order valence-corrected chi connectivity index (χ3v) is 6.11. The fraction of sp³-hybridized carbons (Fsp3) is 0.794. The molecule has 1 aliphatic rings. The number of esters is 4. The predicted octanol–water partition coefficient (Wildman–Crippen LogP) is 1.87. The molecule has 0 aromatic carbocycles. The SMILES string of the molecule is CC(C)(C)OC(=O)CN(CCN(CC(=O)ON1C(=O)CCC1=O)CC(=O)OC(C)(C)C)CCN(CC(=O)OC(C)(C)C)CC(=O)OC(C)(C)C. The molecule has 0 spiro atoms. The average Bonchev–Trinajstić information content (AvgIpc) is 3.17. The molecule has 0 saturated carbocycles. The van der Waals surface area contributed by atoms with Crippen molar-refractivity contribution in [1.29, 1.82) is 0 Å². The van der Waals surface area contributed by atoms with Gasteiger partial charge in [0.2, 0.25) is 0 Å². The van der Waals surface area contributed by atoms with Crippen LogP contribution in [0.15, 0.2) is 0 Å². The van der Waals surface area contributed by atoms with Crippen LogP contribution in [0.2, 0.25) is 0 Å². The number of hydroxylamine groups is 2. The molecule has 2 amide bonds. The van der Waals surface area contributed by atoms with Crippen molar-refractivity contribution in [2.75, 3.05) is 58.9 Å². The van der Waals surface area contributed by atoms with E-state index < -0.39 is 70.6 Å². The van der Waals surface area contributed by atoms with Crippen LogP contribution in [0.3, 0.4) is 0 Å². The molecule has 0 aromatic rings. The van der Waals surface area contributed by atoms with Gasteiger partial charge in [0.25, 0.3) is 11.8 Å². The lowest BCUT2D eigenvalue weighted by atomic mass is 10.2. The number of amides is 2. The summed E-state index contributed by atoms with van der Waals surface area (Å²) in [5.74, 6) is -4.54. The van der Waals surface area contributed by atoms with Crippen molar-refractivity contribution in [2.45, 2.75) is 118 Å². The Balaban J connectivity index is 3.23. The number of carbonyl (C=O) groups excluding carboxylic acids is 7. The van der Waals surface area contributed by atoms with Crippen molar-refractivity contribution in [3.63, 3.8) is 0 Å². The molecule has 50 heavy (non-hydrogen) atoms. The molecule has 1 aliphatic heterocycles. The van der Waals surface area contributed by atoms with Crippen molar-refractivity contribution in [2.24, 2.45) is 0 Å². The molecule has 0 bridgehead atoms. The fourth-order valence-electron chi connectivity index (χ4n) is 4.46. The van der Waals surface area contributed by atoms with E-state index in [9.17, 15) is 33.6 Å². The fourth-order valence-corrected chi connectivity index (χ4v) is 4.46. The Morgan fingerprint density at radius 2 is 0.700 bits per heavy atom. The van der Waals surface area contributed by atoms with Crippen LogP contribution in [0, 0.1) is 0 Å². The Bertz CT molecular complexity index is 1180. The lowest BCUT2D eigenvalue weighted by Crippen LogP contribution is -2.47. The Kier molecular flexibility index (Phi) is 16.5. The van der Waals surface area contributed by atoms with Crippen molar-refractivity contribution in [1.82, 2.24) is 19.8 Å². The van der Waals surface area contributed by atoms with Gasteiger partial charge in [-0.3, -0.25) is 43.5 Å². The summed E-state index contributed by atoms with van der Waals surface area (Å²) in [7, 11) is 0. The van der Waals surface area contributed by atoms with Crippen LogP contribution >= 0.6 is 0 Å². The van der Waals surface area contributed by atoms with Gasteiger partial charge in [0.05, 0.1) is 26.2 Å². The van der Waals surface area contributed by atoms with Gasteiger partial charge in [-0.05, 0) is 83.1 Å². The largest absolute Gasteiger partial charge is 0.459 e. The van der Waals surface area contributed by atoms with Gasteiger partial charge in [0, 0.05) is 39.0 Å². The standard InChI is InChI=1S/C34H58N4O12/c1-31(2,3)46-26(41)19-35(15-17-36(20-27(42)47-32(4,5)6)21-28(43)48-33(7,8)9)16-18-37(22-29(44)49-34(10,11)12)23-30(45)50-38-24(39)13-14-25(38)40/h13-23H2,1-12H3. The Morgan fingerprint density at radius 3 is 0.980 bits per heavy atom. The van der Waals surface area contributed by atoms with Gasteiger partial charge >= 0.3 is 29.8 Å². The van der Waals surface area contributed by atoms with E-state index in [1.165, 1.54) is 4.90 Å². The zero-order valence-corrected chi connectivity index (χ0v) is 32.0. The maximum absolute atomic E-state index is 12.9. The summed E-state index contributed by atoms with van der Waals surface area (Å²) < 4.78 is 21.9. The monoisotopic (exact) mass is 714 g/mol. The van der Waals surface area contributed by atoms with Gasteiger partial charge in [-0.25, -0.2) is 4.79 Å². The Morgan fingerprint density at radius 1 is 0.460 bits per heavy atom. The number of nitrogens with zero attached hydrogens (tertiary/aromatic N) is 4. The first-order valence-electron chi connectivity index (χ1n) is 16.7. The van der Waals surface area contributed by atoms with Crippen molar-refractivity contribution >= 4 is 41.7 Å². The van der Waals surface area contributed by atoms with Gasteiger partial charge in [-0.1, -0.05) is 0 Å². The van der Waals surface area contributed by atoms with E-state index in [0.717, 1.165) is 0 Å².